The van der Waals surface area contributed by atoms with E-state index in [1.807, 2.05) is 0 Å². The van der Waals surface area contributed by atoms with Crippen LogP contribution in [0.4, 0.5) is 5.69 Å². The number of nitro groups is 1. The number of non-ortho nitro benzene ring substituents is 1. The number of benzene rings is 1. The summed E-state index contributed by atoms with van der Waals surface area (Å²) in [6.07, 6.45) is -0.450. The van der Waals surface area contributed by atoms with E-state index in [9.17, 15) is 14.7 Å². The van der Waals surface area contributed by atoms with E-state index in [2.05, 4.69) is 4.90 Å². The second kappa shape index (κ2) is 6.40. The van der Waals surface area contributed by atoms with Crippen molar-refractivity contribution < 1.29 is 23.3 Å². The molecule has 0 radical (unpaired) electrons. The molecular weight excluding hydrogens is 355 g/mol. The Morgan fingerprint density at radius 2 is 2.00 bits per heavy atom. The van der Waals surface area contributed by atoms with Gasteiger partial charge in [-0.25, -0.2) is 0 Å². The number of rotatable bonds is 5. The Balaban J connectivity index is 1.96. The van der Waals surface area contributed by atoms with Crippen molar-refractivity contribution in [2.45, 2.75) is 24.5 Å². The molecular formula is C14H19N2O6PS. The highest BCUT2D eigenvalue weighted by Crippen LogP contribution is 2.67. The van der Waals surface area contributed by atoms with Gasteiger partial charge in [0, 0.05) is 38.0 Å². The zero-order valence-electron chi connectivity index (χ0n) is 13.6. The van der Waals surface area contributed by atoms with Gasteiger partial charge in [-0.15, -0.1) is 11.8 Å². The number of hydrogen-bond acceptors (Lipinski definition) is 8. The molecule has 3 atom stereocenters. The van der Waals surface area contributed by atoms with Crippen LogP contribution in [0.3, 0.4) is 0 Å². The van der Waals surface area contributed by atoms with Crippen LogP contribution in [0.5, 0.6) is 0 Å². The van der Waals surface area contributed by atoms with Crippen LogP contribution in [0.2, 0.25) is 0 Å². The number of nitrogens with zero attached hydrogens (tertiary/aromatic N) is 2. The van der Waals surface area contributed by atoms with Crippen LogP contribution in [0.15, 0.2) is 24.3 Å². The topological polar surface area (TPSA) is 91.1 Å². The summed E-state index contributed by atoms with van der Waals surface area (Å²) in [5.74, 6) is 1.46. The van der Waals surface area contributed by atoms with Crippen molar-refractivity contribution >= 4 is 25.0 Å². The molecule has 1 aromatic rings. The van der Waals surface area contributed by atoms with Crippen molar-refractivity contribution in [2.24, 2.45) is 0 Å². The molecule has 2 heterocycles. The normalized spacial score (nSPS) is 30.5. The summed E-state index contributed by atoms with van der Waals surface area (Å²) in [5.41, 5.74) is 0.793. The Kier molecular flexibility index (Phi) is 4.76. The molecule has 0 saturated carbocycles. The summed E-state index contributed by atoms with van der Waals surface area (Å²) < 4.78 is 29.6. The van der Waals surface area contributed by atoms with Gasteiger partial charge in [-0.05, 0) is 24.6 Å². The summed E-state index contributed by atoms with van der Waals surface area (Å²) >= 11 is 1.72. The van der Waals surface area contributed by atoms with Crippen LogP contribution in [0.25, 0.3) is 0 Å². The quantitative estimate of drug-likeness (QED) is 0.441. The van der Waals surface area contributed by atoms with Gasteiger partial charge in [0.2, 0.25) is 0 Å². The van der Waals surface area contributed by atoms with Crippen LogP contribution < -0.4 is 0 Å². The van der Waals surface area contributed by atoms with Crippen molar-refractivity contribution in [3.63, 3.8) is 0 Å². The molecule has 0 amide bonds. The largest absolute Gasteiger partial charge is 0.363 e. The van der Waals surface area contributed by atoms with Gasteiger partial charge in [-0.1, -0.05) is 0 Å². The summed E-state index contributed by atoms with van der Waals surface area (Å²) in [5, 5.41) is 9.71. The third kappa shape index (κ3) is 2.60. The predicted octanol–water partition coefficient (Wildman–Crippen LogP) is 3.20. The van der Waals surface area contributed by atoms with Crippen molar-refractivity contribution in [3.05, 3.63) is 39.9 Å². The monoisotopic (exact) mass is 374 g/mol. The van der Waals surface area contributed by atoms with E-state index in [0.29, 0.717) is 0 Å². The minimum absolute atomic E-state index is 0.0197. The summed E-state index contributed by atoms with van der Waals surface area (Å²) in [6.45, 7) is 1.75. The van der Waals surface area contributed by atoms with E-state index in [-0.39, 0.29) is 11.7 Å². The zero-order valence-corrected chi connectivity index (χ0v) is 15.3. The van der Waals surface area contributed by atoms with Gasteiger partial charge >= 0.3 is 7.60 Å². The minimum Gasteiger partial charge on any atom is -0.338 e. The Hall–Kier alpha value is -0.960. The van der Waals surface area contributed by atoms with Gasteiger partial charge < -0.3 is 13.8 Å². The Morgan fingerprint density at radius 1 is 1.38 bits per heavy atom. The van der Waals surface area contributed by atoms with Crippen LogP contribution >= 0.6 is 19.4 Å². The van der Waals surface area contributed by atoms with Gasteiger partial charge in [-0.3, -0.25) is 19.6 Å². The van der Waals surface area contributed by atoms with E-state index in [0.717, 1.165) is 17.2 Å². The maximum Gasteiger partial charge on any atom is 0.363 e. The first kappa shape index (κ1) is 17.8. The van der Waals surface area contributed by atoms with Crippen LogP contribution in [-0.2, 0) is 18.3 Å². The highest BCUT2D eigenvalue weighted by atomic mass is 32.2. The van der Waals surface area contributed by atoms with E-state index in [1.54, 1.807) is 30.8 Å². The average molecular weight is 374 g/mol. The predicted molar refractivity (Wildman–Crippen MR) is 89.9 cm³/mol. The minimum atomic E-state index is -3.48. The molecule has 2 saturated heterocycles. The molecule has 0 N–H and O–H groups in total. The van der Waals surface area contributed by atoms with E-state index in [4.69, 9.17) is 13.8 Å². The molecule has 3 rings (SSSR count). The van der Waals surface area contributed by atoms with Crippen molar-refractivity contribution in [2.75, 3.05) is 25.8 Å². The molecule has 1 aromatic carbocycles. The summed E-state index contributed by atoms with van der Waals surface area (Å²) in [7, 11) is -0.776. The average Bonchev–Trinajstić information content (AvgIpc) is 3.18. The molecule has 2 fully saturated rings. The van der Waals surface area contributed by atoms with E-state index in [1.165, 1.54) is 26.4 Å². The lowest BCUT2D eigenvalue weighted by Crippen LogP contribution is -2.41. The Morgan fingerprint density at radius 3 is 2.54 bits per heavy atom. The number of hydrogen-bond donors (Lipinski definition) is 0. The van der Waals surface area contributed by atoms with E-state index >= 15 is 0 Å². The molecule has 10 heteroatoms. The molecule has 2 aliphatic rings. The number of fused-ring (bicyclic) bond motifs is 1. The van der Waals surface area contributed by atoms with Gasteiger partial charge in [0.05, 0.1) is 11.0 Å². The molecule has 2 aliphatic heterocycles. The lowest BCUT2D eigenvalue weighted by Gasteiger charge is -2.33. The molecule has 0 spiro atoms. The van der Waals surface area contributed by atoms with E-state index < -0.39 is 24.1 Å². The maximum absolute atomic E-state index is 13.0. The fraction of sp³-hybridized carbons (Fsp3) is 0.571. The standard InChI is InChI=1S/C14H19N2O6PS/c1-14(23(19,20-2)21-3)12-8-24-9-15(12)13(22-14)10-4-6-11(7-5-10)16(17)18/h4-7,12-13H,8-9H2,1-3H3. The van der Waals surface area contributed by atoms with Gasteiger partial charge in [0.15, 0.2) is 5.34 Å². The van der Waals surface area contributed by atoms with Crippen LogP contribution in [0, 0.1) is 10.1 Å². The fourth-order valence-corrected chi connectivity index (χ4v) is 6.42. The van der Waals surface area contributed by atoms with Crippen molar-refractivity contribution in [1.29, 1.82) is 0 Å². The lowest BCUT2D eigenvalue weighted by molar-refractivity contribution is -0.384. The SMILES string of the molecule is COP(=O)(OC)C1(C)OC(c2ccc([N+](=O)[O-])cc2)N2CSCC21. The van der Waals surface area contributed by atoms with Gasteiger partial charge in [-0.2, -0.15) is 0 Å². The molecule has 0 bridgehead atoms. The number of nitro benzene ring substituents is 1. The zero-order chi connectivity index (χ0) is 17.5. The van der Waals surface area contributed by atoms with Crippen LogP contribution in [-0.4, -0.2) is 47.1 Å². The fourth-order valence-electron chi connectivity index (χ4n) is 3.23. The first-order valence-corrected chi connectivity index (χ1v) is 10.0. The van der Waals surface area contributed by atoms with Crippen molar-refractivity contribution in [1.82, 2.24) is 4.90 Å². The molecule has 24 heavy (non-hydrogen) atoms. The van der Waals surface area contributed by atoms with Crippen LogP contribution in [0.1, 0.15) is 18.7 Å². The molecule has 132 valence electrons. The molecule has 3 unspecified atom stereocenters. The number of ether oxygens (including phenoxy) is 1. The Bertz CT molecular complexity index is 678. The molecule has 8 nitrogen and oxygen atoms in total. The first-order valence-electron chi connectivity index (χ1n) is 7.33. The summed E-state index contributed by atoms with van der Waals surface area (Å²) in [6, 6.07) is 6.09. The third-order valence-electron chi connectivity index (χ3n) is 4.60. The smallest absolute Gasteiger partial charge is 0.338 e. The maximum atomic E-state index is 13.0. The highest BCUT2D eigenvalue weighted by Gasteiger charge is 2.63. The summed E-state index contributed by atoms with van der Waals surface area (Å²) in [4.78, 5) is 12.5. The number of thioether (sulfide) groups is 1. The van der Waals surface area contributed by atoms with Gasteiger partial charge in [0.25, 0.3) is 5.69 Å². The highest BCUT2D eigenvalue weighted by molar-refractivity contribution is 7.99. The van der Waals surface area contributed by atoms with Gasteiger partial charge in [0.1, 0.15) is 6.23 Å². The second-order valence-corrected chi connectivity index (χ2v) is 9.38. The molecule has 0 aromatic heterocycles. The first-order chi connectivity index (χ1) is 11.4. The second-order valence-electron chi connectivity index (χ2n) is 5.77. The Labute approximate surface area is 144 Å². The van der Waals surface area contributed by atoms with Crippen molar-refractivity contribution in [3.8, 4) is 0 Å². The lowest BCUT2D eigenvalue weighted by atomic mass is 10.1. The molecule has 0 aliphatic carbocycles. The third-order valence-corrected chi connectivity index (χ3v) is 8.08.